The molecule has 1 aliphatic heterocycles. The fourth-order valence-corrected chi connectivity index (χ4v) is 2.03. The molecule has 1 aliphatic rings. The van der Waals surface area contributed by atoms with Gasteiger partial charge < -0.3 is 13.9 Å². The topological polar surface area (TPSA) is 57.4 Å². The molecule has 0 aliphatic carbocycles. The van der Waals surface area contributed by atoms with Crippen LogP contribution in [0, 0.1) is 0 Å². The maximum Gasteiger partial charge on any atom is 0.441 e. The molecule has 0 aromatic carbocycles. The SMILES string of the molecule is FC(F)(F)SCCOc1nnc([C@H]2CCCCO2)o1. The summed E-state index contributed by atoms with van der Waals surface area (Å²) in [5.41, 5.74) is -4.25. The average Bonchev–Trinajstić information content (AvgIpc) is 2.83. The Hall–Kier alpha value is -0.960. The van der Waals surface area contributed by atoms with E-state index in [0.29, 0.717) is 12.5 Å². The Balaban J connectivity index is 1.74. The number of halogens is 3. The minimum Gasteiger partial charge on any atom is -0.448 e. The number of hydrogen-bond donors (Lipinski definition) is 0. The van der Waals surface area contributed by atoms with Crippen molar-refractivity contribution in [2.75, 3.05) is 19.0 Å². The monoisotopic (exact) mass is 298 g/mol. The van der Waals surface area contributed by atoms with Crippen molar-refractivity contribution in [3.05, 3.63) is 5.89 Å². The molecule has 0 amide bonds. The summed E-state index contributed by atoms with van der Waals surface area (Å²) < 4.78 is 51.2. The molecular weight excluding hydrogens is 285 g/mol. The Morgan fingerprint density at radius 3 is 2.84 bits per heavy atom. The van der Waals surface area contributed by atoms with Gasteiger partial charge in [0.2, 0.25) is 5.89 Å². The first kappa shape index (κ1) is 14.4. The van der Waals surface area contributed by atoms with Crippen LogP contribution < -0.4 is 4.74 Å². The van der Waals surface area contributed by atoms with Crippen molar-refractivity contribution in [1.82, 2.24) is 10.2 Å². The number of nitrogens with zero attached hydrogens (tertiary/aromatic N) is 2. The van der Waals surface area contributed by atoms with Gasteiger partial charge in [-0.2, -0.15) is 13.2 Å². The third kappa shape index (κ3) is 4.90. The van der Waals surface area contributed by atoms with Gasteiger partial charge >= 0.3 is 11.6 Å². The Kier molecular flexibility index (Phi) is 4.92. The standard InChI is InChI=1S/C10H13F3N2O3S/c11-10(12,13)19-6-5-17-9-15-14-8(18-9)7-3-1-2-4-16-7/h7H,1-6H2/t7-/m1/s1. The molecule has 2 rings (SSSR count). The summed E-state index contributed by atoms with van der Waals surface area (Å²) in [7, 11) is 0. The van der Waals surface area contributed by atoms with Crippen molar-refractivity contribution < 1.29 is 27.1 Å². The Morgan fingerprint density at radius 2 is 2.16 bits per heavy atom. The van der Waals surface area contributed by atoms with Gasteiger partial charge in [0.15, 0.2) is 0 Å². The van der Waals surface area contributed by atoms with Crippen molar-refractivity contribution in [2.24, 2.45) is 0 Å². The van der Waals surface area contributed by atoms with E-state index in [4.69, 9.17) is 13.9 Å². The molecule has 0 spiro atoms. The highest BCUT2D eigenvalue weighted by atomic mass is 32.2. The van der Waals surface area contributed by atoms with Crippen molar-refractivity contribution in [2.45, 2.75) is 30.9 Å². The second-order valence-corrected chi connectivity index (χ2v) is 5.06. The highest BCUT2D eigenvalue weighted by Crippen LogP contribution is 2.30. The molecular formula is C10H13F3N2O3S. The van der Waals surface area contributed by atoms with E-state index in [1.807, 2.05) is 0 Å². The van der Waals surface area contributed by atoms with Crippen LogP contribution in [0.25, 0.3) is 0 Å². The van der Waals surface area contributed by atoms with E-state index < -0.39 is 5.51 Å². The zero-order valence-corrected chi connectivity index (χ0v) is 10.8. The normalized spacial score (nSPS) is 20.5. The lowest BCUT2D eigenvalue weighted by Gasteiger charge is -2.18. The van der Waals surface area contributed by atoms with Gasteiger partial charge in [0.1, 0.15) is 12.7 Å². The number of alkyl halides is 3. The predicted octanol–water partition coefficient (Wildman–Crippen LogP) is 2.94. The van der Waals surface area contributed by atoms with E-state index in [0.717, 1.165) is 19.3 Å². The van der Waals surface area contributed by atoms with Gasteiger partial charge in [0, 0.05) is 12.4 Å². The van der Waals surface area contributed by atoms with Crippen LogP contribution in [-0.2, 0) is 4.74 Å². The van der Waals surface area contributed by atoms with E-state index >= 15 is 0 Å². The first-order chi connectivity index (χ1) is 9.04. The maximum absolute atomic E-state index is 11.9. The zero-order chi connectivity index (χ0) is 13.7. The number of aromatic nitrogens is 2. The lowest BCUT2D eigenvalue weighted by molar-refractivity contribution is -0.0329. The first-order valence-corrected chi connectivity index (χ1v) is 6.81. The van der Waals surface area contributed by atoms with E-state index in [1.165, 1.54) is 0 Å². The van der Waals surface area contributed by atoms with Crippen LogP contribution >= 0.6 is 11.8 Å². The average molecular weight is 298 g/mol. The first-order valence-electron chi connectivity index (χ1n) is 5.83. The van der Waals surface area contributed by atoms with Crippen LogP contribution in [0.5, 0.6) is 6.08 Å². The molecule has 1 saturated heterocycles. The molecule has 1 atom stereocenters. The van der Waals surface area contributed by atoms with E-state index in [2.05, 4.69) is 10.2 Å². The summed E-state index contributed by atoms with van der Waals surface area (Å²) in [5, 5.41) is 7.39. The lowest BCUT2D eigenvalue weighted by atomic mass is 10.1. The van der Waals surface area contributed by atoms with Crippen molar-refractivity contribution in [1.29, 1.82) is 0 Å². The summed E-state index contributed by atoms with van der Waals surface area (Å²) in [6.45, 7) is 0.503. The van der Waals surface area contributed by atoms with Gasteiger partial charge in [-0.1, -0.05) is 5.10 Å². The number of hydrogen-bond acceptors (Lipinski definition) is 6. The van der Waals surface area contributed by atoms with E-state index in [-0.39, 0.29) is 36.3 Å². The van der Waals surface area contributed by atoms with Crippen molar-refractivity contribution in [3.8, 4) is 6.08 Å². The van der Waals surface area contributed by atoms with Crippen LogP contribution in [0.2, 0.25) is 0 Å². The molecule has 0 bridgehead atoms. The molecule has 0 saturated carbocycles. The molecule has 2 heterocycles. The van der Waals surface area contributed by atoms with Crippen LogP contribution in [0.15, 0.2) is 4.42 Å². The Labute approximate surface area is 111 Å². The molecule has 108 valence electrons. The minimum absolute atomic E-state index is 0.119. The summed E-state index contributed by atoms with van der Waals surface area (Å²) in [6.07, 6.45) is 2.47. The Bertz CT molecular complexity index is 394. The fourth-order valence-electron chi connectivity index (χ4n) is 1.63. The Morgan fingerprint density at radius 1 is 1.32 bits per heavy atom. The van der Waals surface area contributed by atoms with Crippen molar-refractivity contribution >= 4 is 11.8 Å². The summed E-state index contributed by atoms with van der Waals surface area (Å²) >= 11 is -0.152. The largest absolute Gasteiger partial charge is 0.448 e. The fraction of sp³-hybridized carbons (Fsp3) is 0.800. The zero-order valence-electron chi connectivity index (χ0n) is 9.98. The van der Waals surface area contributed by atoms with Gasteiger partial charge in [-0.3, -0.25) is 0 Å². The molecule has 5 nitrogen and oxygen atoms in total. The van der Waals surface area contributed by atoms with Crippen LogP contribution in [0.4, 0.5) is 13.2 Å². The predicted molar refractivity (Wildman–Crippen MR) is 60.9 cm³/mol. The lowest BCUT2D eigenvalue weighted by Crippen LogP contribution is -2.11. The molecule has 0 radical (unpaired) electrons. The quantitative estimate of drug-likeness (QED) is 0.779. The summed E-state index contributed by atoms with van der Waals surface area (Å²) in [4.78, 5) is 0. The van der Waals surface area contributed by atoms with Gasteiger partial charge in [0.25, 0.3) is 0 Å². The molecule has 0 N–H and O–H groups in total. The van der Waals surface area contributed by atoms with Crippen molar-refractivity contribution in [3.63, 3.8) is 0 Å². The van der Waals surface area contributed by atoms with Crippen LogP contribution in [-0.4, -0.2) is 34.7 Å². The molecule has 0 unspecified atom stereocenters. The molecule has 1 aromatic rings. The molecule has 1 aromatic heterocycles. The highest BCUT2D eigenvalue weighted by Gasteiger charge is 2.28. The number of ether oxygens (including phenoxy) is 2. The van der Waals surface area contributed by atoms with E-state index in [9.17, 15) is 13.2 Å². The second kappa shape index (κ2) is 6.47. The molecule has 19 heavy (non-hydrogen) atoms. The van der Waals surface area contributed by atoms with Gasteiger partial charge in [0.05, 0.1) is 0 Å². The summed E-state index contributed by atoms with van der Waals surface area (Å²) in [5.74, 6) is 0.0967. The van der Waals surface area contributed by atoms with E-state index in [1.54, 1.807) is 0 Å². The second-order valence-electron chi connectivity index (χ2n) is 3.90. The van der Waals surface area contributed by atoms with Gasteiger partial charge in [-0.15, -0.1) is 5.10 Å². The van der Waals surface area contributed by atoms with Crippen LogP contribution in [0.1, 0.15) is 31.3 Å². The summed E-state index contributed by atoms with van der Waals surface area (Å²) in [6, 6.07) is 0. The molecule has 1 fully saturated rings. The maximum atomic E-state index is 11.9. The third-order valence-electron chi connectivity index (χ3n) is 2.45. The number of rotatable bonds is 5. The third-order valence-corrected chi connectivity index (χ3v) is 3.15. The van der Waals surface area contributed by atoms with Crippen LogP contribution in [0.3, 0.4) is 0 Å². The smallest absolute Gasteiger partial charge is 0.441 e. The van der Waals surface area contributed by atoms with Gasteiger partial charge in [-0.05, 0) is 31.0 Å². The highest BCUT2D eigenvalue weighted by molar-refractivity contribution is 8.00. The number of thioether (sulfide) groups is 1. The minimum atomic E-state index is -4.25. The van der Waals surface area contributed by atoms with Gasteiger partial charge in [-0.25, -0.2) is 0 Å². The molecule has 9 heteroatoms.